The highest BCUT2D eigenvalue weighted by atomic mass is 32.1. The number of alkyl halides is 6. The minimum Gasteiger partial charge on any atom is -0.331 e. The molecule has 396 valence electrons. The van der Waals surface area contributed by atoms with Gasteiger partial charge in [-0.15, -0.1) is 22.7 Å². The van der Waals surface area contributed by atoms with Crippen molar-refractivity contribution in [1.29, 1.82) is 0 Å². The molecule has 0 aliphatic rings. The SMILES string of the molecule is CC(C)(c1c(-c2ccccc2C(F)(F)F)c(-n2c3ccccc3c3ccc4c5ccccc5sc4c32)cc(-n2c3ccccc3c3ccc4c5ccccc5sc4c32)c1-c1ccccc1C(F)(F)F)n1c2ccccc2c2ccccc21. The van der Waals surface area contributed by atoms with Crippen molar-refractivity contribution in [2.24, 2.45) is 0 Å². The summed E-state index contributed by atoms with van der Waals surface area (Å²) in [6.45, 7) is 3.92. The summed E-state index contributed by atoms with van der Waals surface area (Å²) in [4.78, 5) is 0. The van der Waals surface area contributed by atoms with E-state index in [4.69, 9.17) is 0 Å². The predicted octanol–water partition coefficient (Wildman–Crippen LogP) is 21.9. The number of aromatic nitrogens is 3. The molecule has 0 atom stereocenters. The minimum absolute atomic E-state index is 0.143. The summed E-state index contributed by atoms with van der Waals surface area (Å²) in [5.74, 6) is 0. The number of thiophene rings is 2. The van der Waals surface area contributed by atoms with Crippen molar-refractivity contribution in [3.05, 3.63) is 241 Å². The van der Waals surface area contributed by atoms with Gasteiger partial charge in [-0.05, 0) is 85.1 Å². The van der Waals surface area contributed by atoms with Gasteiger partial charge in [0, 0.05) is 85.4 Å². The van der Waals surface area contributed by atoms with Crippen LogP contribution in [0.15, 0.2) is 224 Å². The first-order valence-electron chi connectivity index (χ1n) is 27.0. The van der Waals surface area contributed by atoms with Crippen LogP contribution in [0, 0.1) is 0 Å². The first-order chi connectivity index (χ1) is 39.8. The normalized spacial score (nSPS) is 12.9. The van der Waals surface area contributed by atoms with Crippen molar-refractivity contribution < 1.29 is 26.3 Å². The maximum absolute atomic E-state index is 16.5. The van der Waals surface area contributed by atoms with Gasteiger partial charge in [0.1, 0.15) is 0 Å². The molecule has 11 heteroatoms. The summed E-state index contributed by atoms with van der Waals surface area (Å²) in [6, 6.07) is 69.5. The lowest BCUT2D eigenvalue weighted by Gasteiger charge is -2.37. The van der Waals surface area contributed by atoms with Crippen molar-refractivity contribution >= 4 is 128 Å². The number of hydrogen-bond donors (Lipinski definition) is 0. The molecular weight excluding hydrogens is 1070 g/mol. The highest BCUT2D eigenvalue weighted by Gasteiger charge is 2.43. The van der Waals surface area contributed by atoms with Crippen LogP contribution >= 0.6 is 22.7 Å². The standard InChI is InChI=1S/C71H43F6N3S2/c1-69(2,80-56-31-15-7-19-40(56)41-20-8-16-32-57(41)80)64-62(50-25-3-11-27-52(50)70(72,73)74)58(78-54-29-13-5-21-42(54)46-35-37-48-44-23-9-17-33-60(44)81-67(48)65(46)78)39-59(63(64)51-26-4-12-28-53(51)71(75,76)77)79-55-30-14-6-22-43(55)47-36-38-49-45-24-10-18-34-61(45)82-68(49)66(47)79/h3-39H,1-2H3. The lowest BCUT2D eigenvalue weighted by molar-refractivity contribution is -0.137. The van der Waals surface area contributed by atoms with Gasteiger partial charge in [-0.3, -0.25) is 0 Å². The molecule has 0 radical (unpaired) electrons. The quantitative estimate of drug-likeness (QED) is 0.147. The van der Waals surface area contributed by atoms with E-state index in [1.54, 1.807) is 34.8 Å². The molecule has 82 heavy (non-hydrogen) atoms. The second kappa shape index (κ2) is 17.4. The summed E-state index contributed by atoms with van der Waals surface area (Å²) in [7, 11) is 0. The monoisotopic (exact) mass is 1120 g/mol. The number of hydrogen-bond acceptors (Lipinski definition) is 2. The molecule has 0 aliphatic carbocycles. The van der Waals surface area contributed by atoms with Crippen molar-refractivity contribution in [2.75, 3.05) is 0 Å². The maximum atomic E-state index is 16.5. The van der Waals surface area contributed by atoms with Crippen LogP contribution in [-0.4, -0.2) is 13.7 Å². The van der Waals surface area contributed by atoms with Crippen molar-refractivity contribution in [3.63, 3.8) is 0 Å². The third kappa shape index (κ3) is 6.84. The Kier molecular flexibility index (Phi) is 10.4. The zero-order valence-electron chi connectivity index (χ0n) is 43.8. The van der Waals surface area contributed by atoms with E-state index >= 15 is 26.3 Å². The van der Waals surface area contributed by atoms with Gasteiger partial charge in [-0.1, -0.05) is 170 Å². The molecule has 16 rings (SSSR count). The van der Waals surface area contributed by atoms with Gasteiger partial charge in [0.25, 0.3) is 0 Å². The van der Waals surface area contributed by atoms with E-state index in [0.717, 1.165) is 118 Å². The molecule has 0 N–H and O–H groups in total. The van der Waals surface area contributed by atoms with Gasteiger partial charge in [-0.25, -0.2) is 0 Å². The van der Waals surface area contributed by atoms with E-state index < -0.39 is 29.0 Å². The molecule has 16 aromatic rings. The van der Waals surface area contributed by atoms with Crippen molar-refractivity contribution in [3.8, 4) is 33.6 Å². The summed E-state index contributed by atoms with van der Waals surface area (Å²) in [5.41, 5.74) is 2.14. The number of nitrogens with zero attached hydrogens (tertiary/aromatic N) is 3. The summed E-state index contributed by atoms with van der Waals surface area (Å²) in [5, 5.41) is 9.30. The maximum Gasteiger partial charge on any atom is 0.417 e. The Hall–Kier alpha value is -9.16. The van der Waals surface area contributed by atoms with Gasteiger partial charge in [-0.2, -0.15) is 26.3 Å². The number of fused-ring (bicyclic) bond motifs is 17. The Labute approximate surface area is 472 Å². The van der Waals surface area contributed by atoms with Crippen LogP contribution < -0.4 is 0 Å². The Bertz CT molecular complexity index is 5050. The molecule has 5 heterocycles. The highest BCUT2D eigenvalue weighted by Crippen LogP contribution is 2.56. The van der Waals surface area contributed by atoms with Crippen LogP contribution in [0.25, 0.3) is 139 Å². The zero-order chi connectivity index (χ0) is 55.6. The lowest BCUT2D eigenvalue weighted by atomic mass is 9.77. The van der Waals surface area contributed by atoms with Crippen LogP contribution in [0.5, 0.6) is 0 Å². The van der Waals surface area contributed by atoms with Crippen molar-refractivity contribution in [2.45, 2.75) is 31.7 Å². The van der Waals surface area contributed by atoms with Crippen LogP contribution in [-0.2, 0) is 17.9 Å². The molecule has 0 unspecified atom stereocenters. The smallest absolute Gasteiger partial charge is 0.331 e. The fraction of sp³-hybridized carbons (Fsp3) is 0.0704. The van der Waals surface area contributed by atoms with E-state index in [-0.39, 0.29) is 27.8 Å². The van der Waals surface area contributed by atoms with Gasteiger partial charge < -0.3 is 13.7 Å². The largest absolute Gasteiger partial charge is 0.417 e. The minimum atomic E-state index is -4.91. The van der Waals surface area contributed by atoms with Gasteiger partial charge in [0.05, 0.1) is 59.5 Å². The molecule has 0 bridgehead atoms. The average Bonchev–Trinajstić information content (AvgIpc) is 2.80. The number of halogens is 6. The Morgan fingerprint density at radius 1 is 0.329 bits per heavy atom. The van der Waals surface area contributed by atoms with E-state index in [9.17, 15) is 0 Å². The Morgan fingerprint density at radius 2 is 0.659 bits per heavy atom. The van der Waals surface area contributed by atoms with E-state index in [1.165, 1.54) is 24.3 Å². The van der Waals surface area contributed by atoms with Crippen LogP contribution in [0.4, 0.5) is 26.3 Å². The van der Waals surface area contributed by atoms with Gasteiger partial charge >= 0.3 is 12.4 Å². The van der Waals surface area contributed by atoms with E-state index in [2.05, 4.69) is 62.2 Å². The molecule has 0 saturated carbocycles. The second-order valence-corrected chi connectivity index (χ2v) is 23.7. The van der Waals surface area contributed by atoms with Crippen LogP contribution in [0.3, 0.4) is 0 Å². The zero-order valence-corrected chi connectivity index (χ0v) is 45.4. The van der Waals surface area contributed by atoms with Crippen LogP contribution in [0.2, 0.25) is 0 Å². The van der Waals surface area contributed by atoms with Crippen LogP contribution in [0.1, 0.15) is 30.5 Å². The molecule has 0 aliphatic heterocycles. The van der Waals surface area contributed by atoms with Crippen molar-refractivity contribution in [1.82, 2.24) is 13.7 Å². The lowest BCUT2D eigenvalue weighted by Crippen LogP contribution is -2.31. The predicted molar refractivity (Wildman–Crippen MR) is 330 cm³/mol. The average molecular weight is 1120 g/mol. The Balaban J connectivity index is 1.24. The van der Waals surface area contributed by atoms with E-state index in [0.29, 0.717) is 11.4 Å². The summed E-state index contributed by atoms with van der Waals surface area (Å²) < 4.78 is 109. The van der Waals surface area contributed by atoms with Gasteiger partial charge in [0.2, 0.25) is 0 Å². The van der Waals surface area contributed by atoms with Gasteiger partial charge in [0.15, 0.2) is 0 Å². The topological polar surface area (TPSA) is 14.8 Å². The summed E-state index contributed by atoms with van der Waals surface area (Å²) in [6.07, 6.45) is -9.83. The number of rotatable bonds is 6. The number of benzene rings is 11. The highest BCUT2D eigenvalue weighted by molar-refractivity contribution is 7.27. The third-order valence-electron chi connectivity index (χ3n) is 16.9. The molecule has 0 spiro atoms. The molecule has 0 fully saturated rings. The molecular formula is C71H43F6N3S2. The summed E-state index contributed by atoms with van der Waals surface area (Å²) >= 11 is 3.23. The second-order valence-electron chi connectivity index (χ2n) is 21.6. The third-order valence-corrected chi connectivity index (χ3v) is 19.3. The molecule has 0 amide bonds. The first kappa shape index (κ1) is 48.7. The molecule has 11 aromatic carbocycles. The number of para-hydroxylation sites is 4. The molecule has 3 nitrogen and oxygen atoms in total. The fourth-order valence-corrected chi connectivity index (χ4v) is 16.1. The molecule has 0 saturated heterocycles. The fourth-order valence-electron chi connectivity index (χ4n) is 13.7. The molecule has 5 aromatic heterocycles. The Morgan fingerprint density at radius 3 is 1.07 bits per heavy atom. The van der Waals surface area contributed by atoms with E-state index in [1.807, 2.05) is 141 Å². The first-order valence-corrected chi connectivity index (χ1v) is 28.6.